The van der Waals surface area contributed by atoms with E-state index in [1.54, 1.807) is 13.2 Å². The van der Waals surface area contributed by atoms with Crippen LogP contribution in [-0.4, -0.2) is 38.3 Å². The molecule has 0 bridgehead atoms. The van der Waals surface area contributed by atoms with Crippen molar-refractivity contribution in [1.29, 1.82) is 0 Å². The Morgan fingerprint density at radius 2 is 2.05 bits per heavy atom. The van der Waals surface area contributed by atoms with Gasteiger partial charge >= 0.3 is 6.18 Å². The van der Waals surface area contributed by atoms with Crippen LogP contribution >= 0.6 is 0 Å². The molecule has 0 spiro atoms. The molecule has 114 valence electrons. The Hall–Kier alpha value is -1.11. The van der Waals surface area contributed by atoms with Crippen molar-refractivity contribution in [3.63, 3.8) is 0 Å². The molecule has 6 heteroatoms. The molecule has 0 fully saturated rings. The van der Waals surface area contributed by atoms with Gasteiger partial charge in [-0.1, -0.05) is 19.1 Å². The van der Waals surface area contributed by atoms with Crippen molar-refractivity contribution in [3.05, 3.63) is 35.4 Å². The van der Waals surface area contributed by atoms with Crippen LogP contribution in [0.3, 0.4) is 0 Å². The number of nitrogens with two attached hydrogens (primary N) is 1. The molecule has 0 amide bonds. The van der Waals surface area contributed by atoms with Gasteiger partial charge in [-0.25, -0.2) is 0 Å². The highest BCUT2D eigenvalue weighted by Gasteiger charge is 2.31. The summed E-state index contributed by atoms with van der Waals surface area (Å²) in [5.74, 6) is 0. The molecular formula is C14H21F3N2O. The molecule has 3 nitrogen and oxygen atoms in total. The molecule has 1 aromatic carbocycles. The van der Waals surface area contributed by atoms with Gasteiger partial charge in [-0.05, 0) is 24.2 Å². The fraction of sp³-hybridized carbons (Fsp3) is 0.571. The largest absolute Gasteiger partial charge is 0.416 e. The quantitative estimate of drug-likeness (QED) is 0.839. The SMILES string of the molecule is CCN(CCOC)C(CN)c1cccc(C(F)(F)F)c1. The normalized spacial score (nSPS) is 13.8. The van der Waals surface area contributed by atoms with E-state index in [1.807, 2.05) is 11.8 Å². The molecule has 1 unspecified atom stereocenters. The molecule has 0 aromatic heterocycles. The summed E-state index contributed by atoms with van der Waals surface area (Å²) in [6.45, 7) is 4.06. The zero-order valence-corrected chi connectivity index (χ0v) is 11.8. The number of likely N-dealkylation sites (N-methyl/N-ethyl adjacent to an activating group) is 1. The van der Waals surface area contributed by atoms with Gasteiger partial charge in [-0.15, -0.1) is 0 Å². The molecule has 0 saturated carbocycles. The number of nitrogens with zero attached hydrogens (tertiary/aromatic N) is 1. The second-order valence-electron chi connectivity index (χ2n) is 4.50. The zero-order valence-electron chi connectivity index (χ0n) is 11.8. The number of alkyl halides is 3. The summed E-state index contributed by atoms with van der Waals surface area (Å²) in [6, 6.07) is 5.11. The van der Waals surface area contributed by atoms with E-state index in [2.05, 4.69) is 0 Å². The Balaban J connectivity index is 2.99. The molecule has 0 radical (unpaired) electrons. The van der Waals surface area contributed by atoms with Crippen molar-refractivity contribution < 1.29 is 17.9 Å². The lowest BCUT2D eigenvalue weighted by molar-refractivity contribution is -0.137. The maximum atomic E-state index is 12.8. The molecule has 0 saturated heterocycles. The lowest BCUT2D eigenvalue weighted by Gasteiger charge is -2.30. The van der Waals surface area contributed by atoms with Crippen LogP contribution in [0, 0.1) is 0 Å². The summed E-state index contributed by atoms with van der Waals surface area (Å²) in [5, 5.41) is 0. The first kappa shape index (κ1) is 16.9. The molecule has 2 N–H and O–H groups in total. The third kappa shape index (κ3) is 4.47. The van der Waals surface area contributed by atoms with Crippen LogP contribution in [0.25, 0.3) is 0 Å². The molecule has 1 aromatic rings. The Labute approximate surface area is 117 Å². The fourth-order valence-corrected chi connectivity index (χ4v) is 2.16. The van der Waals surface area contributed by atoms with Crippen molar-refractivity contribution in [2.24, 2.45) is 5.73 Å². The summed E-state index contributed by atoms with van der Waals surface area (Å²) in [6.07, 6.45) is -4.33. The number of hydrogen-bond donors (Lipinski definition) is 1. The molecule has 1 atom stereocenters. The molecule has 20 heavy (non-hydrogen) atoms. The molecule has 0 aliphatic carbocycles. The van der Waals surface area contributed by atoms with Crippen molar-refractivity contribution in [1.82, 2.24) is 4.90 Å². The van der Waals surface area contributed by atoms with E-state index in [-0.39, 0.29) is 12.6 Å². The van der Waals surface area contributed by atoms with Gasteiger partial charge in [0.2, 0.25) is 0 Å². The Bertz CT molecular complexity index is 410. The number of ether oxygens (including phenoxy) is 1. The number of hydrogen-bond acceptors (Lipinski definition) is 3. The summed E-state index contributed by atoms with van der Waals surface area (Å²) >= 11 is 0. The standard InChI is InChI=1S/C14H21F3N2O/c1-3-19(7-8-20-2)13(10-18)11-5-4-6-12(9-11)14(15,16)17/h4-6,9,13H,3,7-8,10,18H2,1-2H3. The van der Waals surface area contributed by atoms with Gasteiger partial charge in [0.1, 0.15) is 0 Å². The first-order chi connectivity index (χ1) is 9.43. The van der Waals surface area contributed by atoms with Gasteiger partial charge in [0.25, 0.3) is 0 Å². The molecule has 0 aliphatic rings. The van der Waals surface area contributed by atoms with Crippen LogP contribution < -0.4 is 5.73 Å². The number of halogens is 3. The second kappa shape index (κ2) is 7.61. The van der Waals surface area contributed by atoms with Crippen LogP contribution in [-0.2, 0) is 10.9 Å². The lowest BCUT2D eigenvalue weighted by Crippen LogP contribution is -2.36. The Kier molecular flexibility index (Phi) is 6.45. The summed E-state index contributed by atoms with van der Waals surface area (Å²) in [7, 11) is 1.59. The average molecular weight is 290 g/mol. The van der Waals surface area contributed by atoms with Crippen molar-refractivity contribution in [2.75, 3.05) is 33.4 Å². The predicted molar refractivity (Wildman–Crippen MR) is 72.4 cm³/mol. The van der Waals surface area contributed by atoms with Gasteiger partial charge in [0.05, 0.1) is 12.2 Å². The van der Waals surface area contributed by atoms with Crippen molar-refractivity contribution in [2.45, 2.75) is 19.1 Å². The lowest BCUT2D eigenvalue weighted by atomic mass is 10.0. The van der Waals surface area contributed by atoms with E-state index in [4.69, 9.17) is 10.5 Å². The minimum atomic E-state index is -4.33. The van der Waals surface area contributed by atoms with E-state index in [9.17, 15) is 13.2 Å². The average Bonchev–Trinajstić information content (AvgIpc) is 2.42. The fourth-order valence-electron chi connectivity index (χ4n) is 2.16. The van der Waals surface area contributed by atoms with Gasteiger partial charge in [-0.2, -0.15) is 13.2 Å². The molecule has 0 aliphatic heterocycles. The smallest absolute Gasteiger partial charge is 0.383 e. The third-order valence-corrected chi connectivity index (χ3v) is 3.25. The minimum Gasteiger partial charge on any atom is -0.383 e. The maximum absolute atomic E-state index is 12.8. The monoisotopic (exact) mass is 290 g/mol. The highest BCUT2D eigenvalue weighted by molar-refractivity contribution is 5.28. The Morgan fingerprint density at radius 1 is 1.35 bits per heavy atom. The number of benzene rings is 1. The van der Waals surface area contributed by atoms with Gasteiger partial charge < -0.3 is 10.5 Å². The Morgan fingerprint density at radius 3 is 2.55 bits per heavy atom. The summed E-state index contributed by atoms with van der Waals surface area (Å²) in [5.41, 5.74) is 5.69. The molecule has 1 rings (SSSR count). The highest BCUT2D eigenvalue weighted by Crippen LogP contribution is 2.31. The van der Waals surface area contributed by atoms with Crippen molar-refractivity contribution >= 4 is 0 Å². The van der Waals surface area contributed by atoms with E-state index in [1.165, 1.54) is 12.1 Å². The van der Waals surface area contributed by atoms with E-state index >= 15 is 0 Å². The van der Waals surface area contributed by atoms with Crippen LogP contribution in [0.5, 0.6) is 0 Å². The topological polar surface area (TPSA) is 38.5 Å². The van der Waals surface area contributed by atoms with Crippen LogP contribution in [0.15, 0.2) is 24.3 Å². The molecule has 0 heterocycles. The van der Waals surface area contributed by atoms with Gasteiger partial charge in [-0.3, -0.25) is 4.90 Å². The van der Waals surface area contributed by atoms with Gasteiger partial charge in [0, 0.05) is 26.2 Å². The first-order valence-corrected chi connectivity index (χ1v) is 6.54. The van der Waals surface area contributed by atoms with Crippen LogP contribution in [0.2, 0.25) is 0 Å². The van der Waals surface area contributed by atoms with Crippen molar-refractivity contribution in [3.8, 4) is 0 Å². The first-order valence-electron chi connectivity index (χ1n) is 6.54. The van der Waals surface area contributed by atoms with Crippen LogP contribution in [0.4, 0.5) is 13.2 Å². The molecular weight excluding hydrogens is 269 g/mol. The van der Waals surface area contributed by atoms with Crippen LogP contribution in [0.1, 0.15) is 24.1 Å². The highest BCUT2D eigenvalue weighted by atomic mass is 19.4. The summed E-state index contributed by atoms with van der Waals surface area (Å²) < 4.78 is 43.3. The van der Waals surface area contributed by atoms with Gasteiger partial charge in [0.15, 0.2) is 0 Å². The number of rotatable bonds is 7. The van der Waals surface area contributed by atoms with E-state index in [0.717, 1.165) is 6.07 Å². The second-order valence-corrected chi connectivity index (χ2v) is 4.50. The number of methoxy groups -OCH3 is 1. The maximum Gasteiger partial charge on any atom is 0.416 e. The van der Waals surface area contributed by atoms with E-state index in [0.29, 0.717) is 25.3 Å². The van der Waals surface area contributed by atoms with E-state index < -0.39 is 11.7 Å². The third-order valence-electron chi connectivity index (χ3n) is 3.25. The zero-order chi connectivity index (χ0) is 15.2. The summed E-state index contributed by atoms with van der Waals surface area (Å²) in [4.78, 5) is 2.01. The predicted octanol–water partition coefficient (Wildman–Crippen LogP) is 2.67. The minimum absolute atomic E-state index is 0.238.